The fourth-order valence-corrected chi connectivity index (χ4v) is 4.25. The Kier molecular flexibility index (Phi) is 5.53. The number of hydrogen-bond donors (Lipinski definition) is 1. The van der Waals surface area contributed by atoms with Gasteiger partial charge in [-0.05, 0) is 41.5 Å². The van der Waals surface area contributed by atoms with Crippen LogP contribution in [-0.4, -0.2) is 20.0 Å². The fraction of sp³-hybridized carbons (Fsp3) is 0.150. The first-order valence-corrected chi connectivity index (χ1v) is 10.1. The van der Waals surface area contributed by atoms with E-state index in [0.29, 0.717) is 31.8 Å². The van der Waals surface area contributed by atoms with Crippen LogP contribution in [0.4, 0.5) is 26.3 Å². The van der Waals surface area contributed by atoms with Crippen molar-refractivity contribution in [2.45, 2.75) is 18.9 Å². The van der Waals surface area contributed by atoms with Crippen LogP contribution >= 0.6 is 24.0 Å². The lowest BCUT2D eigenvalue weighted by Gasteiger charge is -2.16. The zero-order valence-corrected chi connectivity index (χ0v) is 17.3. The molecule has 1 amide bonds. The molecule has 1 aromatic heterocycles. The Morgan fingerprint density at radius 3 is 2.44 bits per heavy atom. The number of thiocarbonyl (C=S) groups is 1. The number of amides is 1. The number of thioether (sulfide) groups is 1. The van der Waals surface area contributed by atoms with E-state index in [0.717, 1.165) is 17.8 Å². The number of alkyl halides is 6. The second-order valence-electron chi connectivity index (χ2n) is 6.84. The SMILES string of the molecule is O=C1NC(=S)SC1=Cc1ccc2c(cnn2Cc2ccc(C(F)(F)F)cc2C(F)(F)F)c1. The summed E-state index contributed by atoms with van der Waals surface area (Å²) in [6, 6.07) is 6.51. The van der Waals surface area contributed by atoms with Crippen molar-refractivity contribution >= 4 is 51.2 Å². The Morgan fingerprint density at radius 1 is 1.06 bits per heavy atom. The lowest BCUT2D eigenvalue weighted by atomic mass is 10.0. The standard InChI is InChI=1S/C20H11F6N3OS2/c21-19(22,23)13-3-2-11(14(7-13)20(24,25)26)9-29-15-4-1-10(5-12(15)8-27-29)6-16-17(30)28-18(31)32-16/h1-8H,9H2,(H,28,30,31). The second-order valence-corrected chi connectivity index (χ2v) is 8.56. The van der Waals surface area contributed by atoms with Gasteiger partial charge in [0.2, 0.25) is 0 Å². The summed E-state index contributed by atoms with van der Waals surface area (Å²) in [6.45, 7) is -0.372. The molecule has 1 saturated heterocycles. The Hall–Kier alpha value is -2.86. The first-order valence-electron chi connectivity index (χ1n) is 8.89. The van der Waals surface area contributed by atoms with Gasteiger partial charge >= 0.3 is 12.4 Å². The highest BCUT2D eigenvalue weighted by Gasteiger charge is 2.38. The summed E-state index contributed by atoms with van der Waals surface area (Å²) < 4.78 is 80.5. The van der Waals surface area contributed by atoms with Crippen molar-refractivity contribution < 1.29 is 31.1 Å². The van der Waals surface area contributed by atoms with Crippen LogP contribution < -0.4 is 5.32 Å². The molecule has 2 heterocycles. The van der Waals surface area contributed by atoms with Crippen LogP contribution in [0.3, 0.4) is 0 Å². The highest BCUT2D eigenvalue weighted by Crippen LogP contribution is 2.38. The molecule has 1 aliphatic heterocycles. The van der Waals surface area contributed by atoms with E-state index in [4.69, 9.17) is 12.2 Å². The number of nitrogens with zero attached hydrogens (tertiary/aromatic N) is 2. The fourth-order valence-electron chi connectivity index (χ4n) is 3.21. The van der Waals surface area contributed by atoms with Gasteiger partial charge in [0, 0.05) is 5.39 Å². The van der Waals surface area contributed by atoms with Crippen molar-refractivity contribution in [1.29, 1.82) is 0 Å². The van der Waals surface area contributed by atoms with Crippen molar-refractivity contribution in [2.75, 3.05) is 0 Å². The average molecular weight is 487 g/mol. The van der Waals surface area contributed by atoms with E-state index in [2.05, 4.69) is 10.4 Å². The number of fused-ring (bicyclic) bond motifs is 1. The van der Waals surface area contributed by atoms with E-state index in [1.54, 1.807) is 24.3 Å². The molecule has 0 saturated carbocycles. The highest BCUT2D eigenvalue weighted by molar-refractivity contribution is 8.26. The van der Waals surface area contributed by atoms with E-state index in [1.165, 1.54) is 10.9 Å². The third-order valence-corrected chi connectivity index (χ3v) is 5.83. The van der Waals surface area contributed by atoms with Crippen LogP contribution in [0.2, 0.25) is 0 Å². The molecule has 4 nitrogen and oxygen atoms in total. The molecule has 1 fully saturated rings. The summed E-state index contributed by atoms with van der Waals surface area (Å²) in [4.78, 5) is 12.2. The van der Waals surface area contributed by atoms with E-state index in [1.807, 2.05) is 0 Å². The monoisotopic (exact) mass is 487 g/mol. The van der Waals surface area contributed by atoms with Crippen LogP contribution in [0.25, 0.3) is 17.0 Å². The number of rotatable bonds is 3. The zero-order chi connectivity index (χ0) is 23.3. The Labute approximate surface area is 186 Å². The zero-order valence-electron chi connectivity index (χ0n) is 15.7. The molecule has 0 radical (unpaired) electrons. The molecule has 4 rings (SSSR count). The summed E-state index contributed by atoms with van der Waals surface area (Å²) in [5.74, 6) is -0.322. The molecule has 166 valence electrons. The maximum Gasteiger partial charge on any atom is 0.416 e. The van der Waals surface area contributed by atoms with Crippen LogP contribution in [0.1, 0.15) is 22.3 Å². The summed E-state index contributed by atoms with van der Waals surface area (Å²) in [6.07, 6.45) is -6.80. The van der Waals surface area contributed by atoms with Crippen molar-refractivity contribution in [3.05, 3.63) is 69.8 Å². The molecule has 2 aromatic carbocycles. The first kappa shape index (κ1) is 22.3. The number of benzene rings is 2. The van der Waals surface area contributed by atoms with Gasteiger partial charge in [-0.25, -0.2) is 0 Å². The predicted molar refractivity (Wildman–Crippen MR) is 112 cm³/mol. The third kappa shape index (κ3) is 4.51. The Bertz CT molecular complexity index is 1280. The van der Waals surface area contributed by atoms with Gasteiger partial charge in [-0.1, -0.05) is 36.1 Å². The van der Waals surface area contributed by atoms with Crippen LogP contribution in [0.5, 0.6) is 0 Å². The summed E-state index contributed by atoms with van der Waals surface area (Å²) in [5, 5.41) is 7.17. The Balaban J connectivity index is 1.68. The maximum absolute atomic E-state index is 13.4. The molecule has 0 aliphatic carbocycles. The molecule has 0 bridgehead atoms. The van der Waals surface area contributed by atoms with Gasteiger partial charge in [-0.2, -0.15) is 31.4 Å². The van der Waals surface area contributed by atoms with Gasteiger partial charge in [0.15, 0.2) is 0 Å². The average Bonchev–Trinajstić information content (AvgIpc) is 3.22. The highest BCUT2D eigenvalue weighted by atomic mass is 32.2. The van der Waals surface area contributed by atoms with Gasteiger partial charge in [0.05, 0.1) is 34.3 Å². The minimum atomic E-state index is -4.96. The van der Waals surface area contributed by atoms with Crippen molar-refractivity contribution in [1.82, 2.24) is 15.1 Å². The Morgan fingerprint density at radius 2 is 1.81 bits per heavy atom. The second kappa shape index (κ2) is 7.93. The number of carbonyl (C=O) groups excluding carboxylic acids is 1. The van der Waals surface area contributed by atoms with Crippen molar-refractivity contribution in [3.63, 3.8) is 0 Å². The van der Waals surface area contributed by atoms with Gasteiger partial charge in [-0.15, -0.1) is 0 Å². The molecular formula is C20H11F6N3OS2. The molecule has 0 atom stereocenters. The van der Waals surface area contributed by atoms with E-state index >= 15 is 0 Å². The number of carbonyl (C=O) groups is 1. The molecular weight excluding hydrogens is 476 g/mol. The first-order chi connectivity index (χ1) is 14.9. The van der Waals surface area contributed by atoms with Crippen LogP contribution in [0, 0.1) is 0 Å². The quantitative estimate of drug-likeness (QED) is 0.296. The van der Waals surface area contributed by atoms with Gasteiger partial charge in [-0.3, -0.25) is 9.48 Å². The molecule has 32 heavy (non-hydrogen) atoms. The summed E-state index contributed by atoms with van der Waals surface area (Å²) in [7, 11) is 0. The van der Waals surface area contributed by atoms with E-state index < -0.39 is 23.5 Å². The number of nitrogens with one attached hydrogen (secondary N) is 1. The number of aromatic nitrogens is 2. The third-order valence-electron chi connectivity index (χ3n) is 4.67. The van der Waals surface area contributed by atoms with Gasteiger partial charge in [0.1, 0.15) is 4.32 Å². The lowest BCUT2D eigenvalue weighted by molar-refractivity contribution is -0.143. The normalized spacial score (nSPS) is 16.2. The van der Waals surface area contributed by atoms with Crippen LogP contribution in [-0.2, 0) is 23.7 Å². The largest absolute Gasteiger partial charge is 0.416 e. The van der Waals surface area contributed by atoms with E-state index in [-0.39, 0.29) is 24.1 Å². The topological polar surface area (TPSA) is 46.9 Å². The number of halogens is 6. The minimum Gasteiger partial charge on any atom is -0.307 e. The molecule has 0 spiro atoms. The molecule has 1 N–H and O–H groups in total. The summed E-state index contributed by atoms with van der Waals surface area (Å²) >= 11 is 6.04. The van der Waals surface area contributed by atoms with Crippen LogP contribution in [0.15, 0.2) is 47.5 Å². The predicted octanol–water partition coefficient (Wildman–Crippen LogP) is 5.61. The van der Waals surface area contributed by atoms with Crippen molar-refractivity contribution in [3.8, 4) is 0 Å². The minimum absolute atomic E-state index is 0.111. The number of hydrogen-bond acceptors (Lipinski definition) is 4. The van der Waals surface area contributed by atoms with Gasteiger partial charge in [0.25, 0.3) is 5.91 Å². The molecule has 3 aromatic rings. The molecule has 1 aliphatic rings. The summed E-state index contributed by atoms with van der Waals surface area (Å²) in [5.41, 5.74) is -1.93. The van der Waals surface area contributed by atoms with Gasteiger partial charge < -0.3 is 5.32 Å². The van der Waals surface area contributed by atoms with E-state index in [9.17, 15) is 31.1 Å². The molecule has 0 unspecified atom stereocenters. The molecule has 12 heteroatoms. The smallest absolute Gasteiger partial charge is 0.307 e. The maximum atomic E-state index is 13.4. The van der Waals surface area contributed by atoms with Crippen molar-refractivity contribution in [2.24, 2.45) is 0 Å². The lowest BCUT2D eigenvalue weighted by Crippen LogP contribution is -2.17.